The molecule has 0 unspecified atom stereocenters. The standard InChI is InChI=1S/C13H8Br2N2O/c14-9-1-3-12(8(5-9)7-16)18-13-4-2-10(15)6-11(13)17/h1-6H,17H2. The zero-order valence-electron chi connectivity index (χ0n) is 9.15. The van der Waals surface area contributed by atoms with Gasteiger partial charge in [-0.15, -0.1) is 0 Å². The van der Waals surface area contributed by atoms with Gasteiger partial charge >= 0.3 is 0 Å². The number of nitrogens with zero attached hydrogens (tertiary/aromatic N) is 1. The smallest absolute Gasteiger partial charge is 0.150 e. The molecule has 2 N–H and O–H groups in total. The van der Waals surface area contributed by atoms with Gasteiger partial charge in [0.25, 0.3) is 0 Å². The maximum atomic E-state index is 9.04. The number of nitrogen functional groups attached to an aromatic ring is 1. The van der Waals surface area contributed by atoms with Crippen molar-refractivity contribution in [2.45, 2.75) is 0 Å². The van der Waals surface area contributed by atoms with Crippen LogP contribution >= 0.6 is 31.9 Å². The predicted octanol–water partition coefficient (Wildman–Crippen LogP) is 4.46. The highest BCUT2D eigenvalue weighted by atomic mass is 79.9. The second kappa shape index (κ2) is 5.42. The summed E-state index contributed by atoms with van der Waals surface area (Å²) >= 11 is 6.63. The molecule has 0 spiro atoms. The highest BCUT2D eigenvalue weighted by molar-refractivity contribution is 9.10. The third kappa shape index (κ3) is 2.84. The molecule has 0 saturated heterocycles. The summed E-state index contributed by atoms with van der Waals surface area (Å²) in [4.78, 5) is 0. The first kappa shape index (κ1) is 12.9. The average Bonchev–Trinajstić information content (AvgIpc) is 2.34. The Bertz CT molecular complexity index is 635. The van der Waals surface area contributed by atoms with Crippen LogP contribution in [0.15, 0.2) is 45.3 Å². The molecule has 5 heteroatoms. The van der Waals surface area contributed by atoms with E-state index in [-0.39, 0.29) is 0 Å². The molecule has 0 aliphatic rings. The molecular formula is C13H8Br2N2O. The average molecular weight is 368 g/mol. The van der Waals surface area contributed by atoms with Crippen molar-refractivity contribution in [3.63, 3.8) is 0 Å². The normalized spacial score (nSPS) is 9.83. The number of halogens is 2. The Hall–Kier alpha value is -1.51. The quantitative estimate of drug-likeness (QED) is 0.797. The molecule has 2 aromatic carbocycles. The van der Waals surface area contributed by atoms with E-state index in [1.54, 1.807) is 24.3 Å². The van der Waals surface area contributed by atoms with E-state index in [4.69, 9.17) is 15.7 Å². The van der Waals surface area contributed by atoms with Gasteiger partial charge in [0.15, 0.2) is 0 Å². The van der Waals surface area contributed by atoms with Gasteiger partial charge in [-0.05, 0) is 36.4 Å². The Labute approximate surface area is 121 Å². The fraction of sp³-hybridized carbons (Fsp3) is 0. The van der Waals surface area contributed by atoms with E-state index < -0.39 is 0 Å². The summed E-state index contributed by atoms with van der Waals surface area (Å²) in [7, 11) is 0. The molecule has 0 atom stereocenters. The Kier molecular flexibility index (Phi) is 3.90. The molecule has 0 radical (unpaired) electrons. The van der Waals surface area contributed by atoms with Gasteiger partial charge in [0, 0.05) is 8.95 Å². The number of hydrogen-bond acceptors (Lipinski definition) is 3. The zero-order valence-corrected chi connectivity index (χ0v) is 12.3. The van der Waals surface area contributed by atoms with Gasteiger partial charge in [-0.1, -0.05) is 31.9 Å². The fourth-order valence-corrected chi connectivity index (χ4v) is 2.15. The summed E-state index contributed by atoms with van der Waals surface area (Å²) in [5, 5.41) is 9.04. The molecule has 0 saturated carbocycles. The van der Waals surface area contributed by atoms with Gasteiger partial charge in [0.1, 0.15) is 17.6 Å². The van der Waals surface area contributed by atoms with Gasteiger partial charge < -0.3 is 10.5 Å². The minimum absolute atomic E-state index is 0.451. The van der Waals surface area contributed by atoms with E-state index in [1.165, 1.54) is 0 Å². The lowest BCUT2D eigenvalue weighted by Gasteiger charge is -2.10. The summed E-state index contributed by atoms with van der Waals surface area (Å²) < 4.78 is 7.36. The van der Waals surface area contributed by atoms with Gasteiger partial charge in [0.05, 0.1) is 11.3 Å². The summed E-state index contributed by atoms with van der Waals surface area (Å²) in [6.45, 7) is 0. The van der Waals surface area contributed by atoms with E-state index in [9.17, 15) is 0 Å². The number of ether oxygens (including phenoxy) is 1. The molecule has 18 heavy (non-hydrogen) atoms. The van der Waals surface area contributed by atoms with Crippen LogP contribution in [0.25, 0.3) is 0 Å². The van der Waals surface area contributed by atoms with Gasteiger partial charge in [0.2, 0.25) is 0 Å². The SMILES string of the molecule is N#Cc1cc(Br)ccc1Oc1ccc(Br)cc1N. The van der Waals surface area contributed by atoms with Crippen molar-refractivity contribution >= 4 is 37.5 Å². The predicted molar refractivity (Wildman–Crippen MR) is 77.5 cm³/mol. The van der Waals surface area contributed by atoms with Crippen molar-refractivity contribution in [2.75, 3.05) is 5.73 Å². The minimum Gasteiger partial charge on any atom is -0.454 e. The van der Waals surface area contributed by atoms with Gasteiger partial charge in [-0.25, -0.2) is 0 Å². The summed E-state index contributed by atoms with van der Waals surface area (Å²) in [6.07, 6.45) is 0. The number of benzene rings is 2. The van der Waals surface area contributed by atoms with Crippen LogP contribution in [0.2, 0.25) is 0 Å². The largest absolute Gasteiger partial charge is 0.454 e. The molecule has 2 aromatic rings. The first-order chi connectivity index (χ1) is 8.60. The first-order valence-electron chi connectivity index (χ1n) is 5.02. The highest BCUT2D eigenvalue weighted by Gasteiger charge is 2.07. The molecular weight excluding hydrogens is 360 g/mol. The van der Waals surface area contributed by atoms with Crippen LogP contribution in [-0.4, -0.2) is 0 Å². The lowest BCUT2D eigenvalue weighted by atomic mass is 10.2. The van der Waals surface area contributed by atoms with Crippen LogP contribution in [0.1, 0.15) is 5.56 Å². The van der Waals surface area contributed by atoms with Crippen molar-refractivity contribution in [3.05, 3.63) is 50.9 Å². The van der Waals surface area contributed by atoms with Crippen LogP contribution < -0.4 is 10.5 Å². The minimum atomic E-state index is 0.451. The molecule has 90 valence electrons. The van der Waals surface area contributed by atoms with E-state index in [0.717, 1.165) is 8.95 Å². The van der Waals surface area contributed by atoms with Crippen LogP contribution in [-0.2, 0) is 0 Å². The summed E-state index contributed by atoms with van der Waals surface area (Å²) in [5.74, 6) is 1.01. The Morgan fingerprint density at radius 3 is 2.22 bits per heavy atom. The maximum absolute atomic E-state index is 9.04. The van der Waals surface area contributed by atoms with E-state index in [2.05, 4.69) is 37.9 Å². The van der Waals surface area contributed by atoms with E-state index in [1.807, 2.05) is 12.1 Å². The lowest BCUT2D eigenvalue weighted by Crippen LogP contribution is -1.93. The van der Waals surface area contributed by atoms with Gasteiger partial charge in [-0.3, -0.25) is 0 Å². The molecule has 0 amide bonds. The van der Waals surface area contributed by atoms with Crippen LogP contribution in [0, 0.1) is 11.3 Å². The molecule has 0 bridgehead atoms. The van der Waals surface area contributed by atoms with Crippen LogP contribution in [0.4, 0.5) is 5.69 Å². The monoisotopic (exact) mass is 366 g/mol. The molecule has 0 fully saturated rings. The fourth-order valence-electron chi connectivity index (χ4n) is 1.41. The lowest BCUT2D eigenvalue weighted by molar-refractivity contribution is 0.483. The van der Waals surface area contributed by atoms with Crippen molar-refractivity contribution in [2.24, 2.45) is 0 Å². The Balaban J connectivity index is 2.37. The van der Waals surface area contributed by atoms with E-state index in [0.29, 0.717) is 22.7 Å². The van der Waals surface area contributed by atoms with Gasteiger partial charge in [-0.2, -0.15) is 5.26 Å². The number of hydrogen-bond donors (Lipinski definition) is 1. The number of nitrogens with two attached hydrogens (primary N) is 1. The van der Waals surface area contributed by atoms with Crippen molar-refractivity contribution in [3.8, 4) is 17.6 Å². The number of nitriles is 1. The molecule has 0 heterocycles. The topological polar surface area (TPSA) is 59.0 Å². The maximum Gasteiger partial charge on any atom is 0.150 e. The molecule has 0 aromatic heterocycles. The third-order valence-electron chi connectivity index (χ3n) is 2.25. The first-order valence-corrected chi connectivity index (χ1v) is 6.61. The summed E-state index contributed by atoms with van der Waals surface area (Å²) in [5.41, 5.74) is 6.80. The van der Waals surface area contributed by atoms with Crippen molar-refractivity contribution in [1.29, 1.82) is 5.26 Å². The Morgan fingerprint density at radius 1 is 1.00 bits per heavy atom. The highest BCUT2D eigenvalue weighted by Crippen LogP contribution is 2.32. The summed E-state index contributed by atoms with van der Waals surface area (Å²) in [6, 6.07) is 12.7. The van der Waals surface area contributed by atoms with E-state index >= 15 is 0 Å². The van der Waals surface area contributed by atoms with Crippen molar-refractivity contribution < 1.29 is 4.74 Å². The van der Waals surface area contributed by atoms with Crippen LogP contribution in [0.3, 0.4) is 0 Å². The third-order valence-corrected chi connectivity index (χ3v) is 3.24. The molecule has 0 aliphatic heterocycles. The molecule has 0 aliphatic carbocycles. The molecule has 3 nitrogen and oxygen atoms in total. The van der Waals surface area contributed by atoms with Crippen LogP contribution in [0.5, 0.6) is 11.5 Å². The number of anilines is 1. The number of rotatable bonds is 2. The van der Waals surface area contributed by atoms with Crippen molar-refractivity contribution in [1.82, 2.24) is 0 Å². The zero-order chi connectivity index (χ0) is 13.1. The Morgan fingerprint density at radius 2 is 1.61 bits per heavy atom. The second-order valence-electron chi connectivity index (χ2n) is 3.54. The second-order valence-corrected chi connectivity index (χ2v) is 5.37. The molecule has 2 rings (SSSR count).